The second-order valence-electron chi connectivity index (χ2n) is 6.87. The molecule has 1 heterocycles. The monoisotopic (exact) mass is 442 g/mol. The van der Waals surface area contributed by atoms with Gasteiger partial charge in [-0.15, -0.1) is 0 Å². The Morgan fingerprint density at radius 3 is 1.93 bits per heavy atom. The SMILES string of the molecule is O=c1n(-c2ccc(OCCBr)cc2)ccn1-c1ccc(OC2CCCC2)cc1. The van der Waals surface area contributed by atoms with E-state index < -0.39 is 0 Å². The van der Waals surface area contributed by atoms with E-state index in [1.165, 1.54) is 12.8 Å². The van der Waals surface area contributed by atoms with E-state index in [4.69, 9.17) is 9.47 Å². The zero-order chi connectivity index (χ0) is 19.3. The summed E-state index contributed by atoms with van der Waals surface area (Å²) in [5.41, 5.74) is 1.51. The van der Waals surface area contributed by atoms with Crippen LogP contribution in [0, 0.1) is 0 Å². The maximum atomic E-state index is 12.8. The molecular formula is C22H23BrN2O3. The van der Waals surface area contributed by atoms with Crippen LogP contribution in [0.3, 0.4) is 0 Å². The van der Waals surface area contributed by atoms with E-state index in [0.717, 1.165) is 41.0 Å². The van der Waals surface area contributed by atoms with Crippen molar-refractivity contribution in [1.29, 1.82) is 0 Å². The number of halogens is 1. The van der Waals surface area contributed by atoms with Gasteiger partial charge in [-0.3, -0.25) is 9.13 Å². The van der Waals surface area contributed by atoms with Crippen LogP contribution in [0.5, 0.6) is 11.5 Å². The molecule has 1 fully saturated rings. The van der Waals surface area contributed by atoms with Crippen LogP contribution in [0.15, 0.2) is 65.7 Å². The van der Waals surface area contributed by atoms with Gasteiger partial charge in [0.25, 0.3) is 0 Å². The number of alkyl halides is 1. The number of hydrogen-bond donors (Lipinski definition) is 0. The Labute approximate surface area is 172 Å². The molecule has 2 aromatic carbocycles. The average Bonchev–Trinajstić information content (AvgIpc) is 3.37. The van der Waals surface area contributed by atoms with Crippen LogP contribution in [0.4, 0.5) is 0 Å². The highest BCUT2D eigenvalue weighted by molar-refractivity contribution is 9.09. The van der Waals surface area contributed by atoms with E-state index in [9.17, 15) is 4.79 Å². The maximum Gasteiger partial charge on any atom is 0.337 e. The summed E-state index contributed by atoms with van der Waals surface area (Å²) in [6, 6.07) is 15.2. The molecule has 1 aliphatic rings. The van der Waals surface area contributed by atoms with E-state index in [-0.39, 0.29) is 5.69 Å². The summed E-state index contributed by atoms with van der Waals surface area (Å²) >= 11 is 3.34. The molecule has 3 aromatic rings. The van der Waals surface area contributed by atoms with Gasteiger partial charge in [0.15, 0.2) is 0 Å². The van der Waals surface area contributed by atoms with E-state index in [1.807, 2.05) is 48.5 Å². The topological polar surface area (TPSA) is 45.4 Å². The van der Waals surface area contributed by atoms with Crippen molar-refractivity contribution >= 4 is 15.9 Å². The van der Waals surface area contributed by atoms with E-state index in [1.54, 1.807) is 21.5 Å². The molecule has 0 unspecified atom stereocenters. The van der Waals surface area contributed by atoms with Crippen LogP contribution in [0.1, 0.15) is 25.7 Å². The van der Waals surface area contributed by atoms with Crippen molar-refractivity contribution in [3.05, 3.63) is 71.4 Å². The van der Waals surface area contributed by atoms with Gasteiger partial charge in [0.05, 0.1) is 24.1 Å². The number of rotatable bonds is 7. The Bertz CT molecular complexity index is 955. The van der Waals surface area contributed by atoms with Crippen LogP contribution < -0.4 is 15.2 Å². The molecule has 146 valence electrons. The molecular weight excluding hydrogens is 420 g/mol. The third kappa shape index (κ3) is 4.17. The van der Waals surface area contributed by atoms with Gasteiger partial charge in [-0.25, -0.2) is 4.79 Å². The van der Waals surface area contributed by atoms with Crippen molar-refractivity contribution in [2.45, 2.75) is 31.8 Å². The summed E-state index contributed by atoms with van der Waals surface area (Å²) in [7, 11) is 0. The normalized spacial score (nSPS) is 14.3. The Morgan fingerprint density at radius 1 is 0.857 bits per heavy atom. The van der Waals surface area contributed by atoms with Crippen molar-refractivity contribution in [2.24, 2.45) is 0 Å². The number of ether oxygens (including phenoxy) is 2. The largest absolute Gasteiger partial charge is 0.493 e. The minimum atomic E-state index is -0.112. The number of aromatic nitrogens is 2. The van der Waals surface area contributed by atoms with Gasteiger partial charge in [-0.05, 0) is 74.2 Å². The third-order valence-electron chi connectivity index (χ3n) is 4.96. The van der Waals surface area contributed by atoms with Crippen molar-refractivity contribution in [3.63, 3.8) is 0 Å². The minimum Gasteiger partial charge on any atom is -0.493 e. The highest BCUT2D eigenvalue weighted by Gasteiger charge is 2.16. The van der Waals surface area contributed by atoms with Crippen molar-refractivity contribution in [3.8, 4) is 22.9 Å². The Morgan fingerprint density at radius 2 is 1.39 bits per heavy atom. The van der Waals surface area contributed by atoms with Crippen molar-refractivity contribution in [2.75, 3.05) is 11.9 Å². The lowest BCUT2D eigenvalue weighted by Gasteiger charge is -2.13. The fourth-order valence-corrected chi connectivity index (χ4v) is 3.68. The Kier molecular flexibility index (Phi) is 5.86. The summed E-state index contributed by atoms with van der Waals surface area (Å²) in [6.07, 6.45) is 8.64. The number of imidazole rings is 1. The zero-order valence-electron chi connectivity index (χ0n) is 15.6. The zero-order valence-corrected chi connectivity index (χ0v) is 17.2. The molecule has 5 nitrogen and oxygen atoms in total. The van der Waals surface area contributed by atoms with Crippen LogP contribution >= 0.6 is 15.9 Å². The molecule has 0 saturated heterocycles. The van der Waals surface area contributed by atoms with Crippen LogP contribution in [0.25, 0.3) is 11.4 Å². The number of benzene rings is 2. The first-order chi connectivity index (χ1) is 13.7. The van der Waals surface area contributed by atoms with Crippen LogP contribution in [-0.2, 0) is 0 Å². The van der Waals surface area contributed by atoms with Gasteiger partial charge >= 0.3 is 5.69 Å². The number of nitrogens with zero attached hydrogens (tertiary/aromatic N) is 2. The fraction of sp³-hybridized carbons (Fsp3) is 0.318. The summed E-state index contributed by atoms with van der Waals surface area (Å²) in [6.45, 7) is 0.607. The molecule has 1 saturated carbocycles. The molecule has 1 aromatic heterocycles. The first-order valence-electron chi connectivity index (χ1n) is 9.61. The van der Waals surface area contributed by atoms with E-state index in [2.05, 4.69) is 15.9 Å². The summed E-state index contributed by atoms with van der Waals surface area (Å²) in [5, 5.41) is 0.779. The highest BCUT2D eigenvalue weighted by Crippen LogP contribution is 2.24. The predicted octanol–water partition coefficient (Wildman–Crippen LogP) is 4.72. The maximum absolute atomic E-state index is 12.8. The summed E-state index contributed by atoms with van der Waals surface area (Å²) < 4.78 is 14.8. The Balaban J connectivity index is 1.50. The molecule has 4 rings (SSSR count). The summed E-state index contributed by atoms with van der Waals surface area (Å²) in [5.74, 6) is 1.65. The molecule has 0 aliphatic heterocycles. The molecule has 0 N–H and O–H groups in total. The highest BCUT2D eigenvalue weighted by atomic mass is 79.9. The first-order valence-corrected chi connectivity index (χ1v) is 10.7. The van der Waals surface area contributed by atoms with Crippen LogP contribution in [-0.4, -0.2) is 27.2 Å². The molecule has 6 heteroatoms. The van der Waals surface area contributed by atoms with Crippen LogP contribution in [0.2, 0.25) is 0 Å². The average molecular weight is 443 g/mol. The number of hydrogen-bond acceptors (Lipinski definition) is 3. The van der Waals surface area contributed by atoms with Gasteiger partial charge < -0.3 is 9.47 Å². The molecule has 0 bridgehead atoms. The van der Waals surface area contributed by atoms with Gasteiger partial charge in [0.1, 0.15) is 11.5 Å². The summed E-state index contributed by atoms with van der Waals surface area (Å²) in [4.78, 5) is 12.8. The van der Waals surface area contributed by atoms with Crippen molar-refractivity contribution < 1.29 is 9.47 Å². The molecule has 1 aliphatic carbocycles. The first kappa shape index (κ1) is 18.9. The lowest BCUT2D eigenvalue weighted by Crippen LogP contribution is -2.21. The van der Waals surface area contributed by atoms with Gasteiger partial charge in [-0.1, -0.05) is 15.9 Å². The predicted molar refractivity (Wildman–Crippen MR) is 114 cm³/mol. The molecule has 0 amide bonds. The quantitative estimate of drug-likeness (QED) is 0.497. The Hall–Kier alpha value is -2.47. The standard InChI is InChI=1S/C22H23BrN2O3/c23-13-16-27-19-9-5-17(6-10-19)24-14-15-25(22(24)26)18-7-11-21(12-8-18)28-20-3-1-2-4-20/h5-12,14-15,20H,1-4,13,16H2. The van der Waals surface area contributed by atoms with Gasteiger partial charge in [-0.2, -0.15) is 0 Å². The smallest absolute Gasteiger partial charge is 0.337 e. The molecule has 28 heavy (non-hydrogen) atoms. The minimum absolute atomic E-state index is 0.112. The van der Waals surface area contributed by atoms with Gasteiger partial charge in [0.2, 0.25) is 0 Å². The van der Waals surface area contributed by atoms with E-state index in [0.29, 0.717) is 12.7 Å². The van der Waals surface area contributed by atoms with Crippen molar-refractivity contribution in [1.82, 2.24) is 9.13 Å². The molecule has 0 radical (unpaired) electrons. The second kappa shape index (κ2) is 8.69. The third-order valence-corrected chi connectivity index (χ3v) is 5.28. The second-order valence-corrected chi connectivity index (χ2v) is 7.66. The van der Waals surface area contributed by atoms with Gasteiger partial charge in [0, 0.05) is 17.7 Å². The fourth-order valence-electron chi connectivity index (χ4n) is 3.51. The lowest BCUT2D eigenvalue weighted by atomic mass is 10.2. The lowest BCUT2D eigenvalue weighted by molar-refractivity contribution is 0.210. The molecule has 0 spiro atoms. The van der Waals surface area contributed by atoms with E-state index >= 15 is 0 Å². The molecule has 0 atom stereocenters.